The van der Waals surface area contributed by atoms with Gasteiger partial charge in [-0.15, -0.1) is 11.8 Å². The van der Waals surface area contributed by atoms with Crippen molar-refractivity contribution in [2.45, 2.75) is 19.2 Å². The molecule has 0 fully saturated rings. The number of amides is 2. The van der Waals surface area contributed by atoms with Crippen molar-refractivity contribution in [2.75, 3.05) is 13.3 Å². The Kier molecular flexibility index (Phi) is 5.11. The van der Waals surface area contributed by atoms with Crippen LogP contribution in [0.1, 0.15) is 13.8 Å². The van der Waals surface area contributed by atoms with Gasteiger partial charge in [-0.05, 0) is 12.2 Å². The Morgan fingerprint density at radius 3 is 2.27 bits per heavy atom. The lowest BCUT2D eigenvalue weighted by atomic mass is 10.2. The molecule has 0 aliphatic carbocycles. The van der Waals surface area contributed by atoms with Crippen LogP contribution in [-0.4, -0.2) is 24.7 Å². The number of carbonyl (C=O) groups excluding carboxylic acids is 1. The number of nitrogens with one attached hydrogen (secondary N) is 2. The first-order valence-corrected chi connectivity index (χ1v) is 4.91. The molecule has 0 heterocycles. The molecule has 3 nitrogen and oxygen atoms in total. The van der Waals surface area contributed by atoms with Crippen molar-refractivity contribution < 1.29 is 4.79 Å². The van der Waals surface area contributed by atoms with Crippen LogP contribution in [0.3, 0.4) is 0 Å². The van der Waals surface area contributed by atoms with Gasteiger partial charge in [0.05, 0.1) is 5.37 Å². The number of hydrogen-bond acceptors (Lipinski definition) is 2. The third kappa shape index (κ3) is 4.14. The molecule has 0 bridgehead atoms. The summed E-state index contributed by atoms with van der Waals surface area (Å²) in [5.74, 6) is 0.460. The summed E-state index contributed by atoms with van der Waals surface area (Å²) in [6, 6.07) is -0.113. The highest BCUT2D eigenvalue weighted by molar-refractivity contribution is 7.99. The maximum atomic E-state index is 10.8. The summed E-state index contributed by atoms with van der Waals surface area (Å²) in [4.78, 5) is 10.8. The first kappa shape index (κ1) is 10.6. The maximum absolute atomic E-state index is 10.8. The van der Waals surface area contributed by atoms with Gasteiger partial charge >= 0.3 is 6.03 Å². The second-order valence-corrected chi connectivity index (χ2v) is 3.60. The molecule has 0 radical (unpaired) electrons. The minimum atomic E-state index is -0.113. The van der Waals surface area contributed by atoms with Crippen molar-refractivity contribution in [1.29, 1.82) is 0 Å². The molecule has 0 aromatic carbocycles. The van der Waals surface area contributed by atoms with Crippen molar-refractivity contribution in [3.63, 3.8) is 0 Å². The Morgan fingerprint density at radius 2 is 2.00 bits per heavy atom. The number of hydrogen-bond donors (Lipinski definition) is 2. The smallest absolute Gasteiger partial charge is 0.315 e. The fourth-order valence-electron chi connectivity index (χ4n) is 0.699. The molecule has 4 heteroatoms. The minimum absolute atomic E-state index is 0.113. The highest BCUT2D eigenvalue weighted by Crippen LogP contribution is 2.12. The van der Waals surface area contributed by atoms with Crippen molar-refractivity contribution in [2.24, 2.45) is 5.92 Å². The number of urea groups is 1. The Bertz CT molecular complexity index is 128. The first-order valence-electron chi connectivity index (χ1n) is 3.62. The molecule has 11 heavy (non-hydrogen) atoms. The first-order chi connectivity index (χ1) is 5.11. The zero-order valence-electron chi connectivity index (χ0n) is 7.47. The van der Waals surface area contributed by atoms with Gasteiger partial charge in [-0.1, -0.05) is 13.8 Å². The van der Waals surface area contributed by atoms with Gasteiger partial charge in [0.1, 0.15) is 0 Å². The van der Waals surface area contributed by atoms with Crippen LogP contribution in [0.5, 0.6) is 0 Å². The van der Waals surface area contributed by atoms with Gasteiger partial charge in [-0.2, -0.15) is 0 Å². The second-order valence-electron chi connectivity index (χ2n) is 2.62. The Morgan fingerprint density at radius 1 is 1.45 bits per heavy atom. The van der Waals surface area contributed by atoms with Gasteiger partial charge < -0.3 is 10.6 Å². The van der Waals surface area contributed by atoms with Crippen LogP contribution in [0, 0.1) is 5.92 Å². The maximum Gasteiger partial charge on any atom is 0.315 e. The molecule has 0 aliphatic rings. The van der Waals surface area contributed by atoms with E-state index in [0.29, 0.717) is 5.92 Å². The van der Waals surface area contributed by atoms with Crippen molar-refractivity contribution in [1.82, 2.24) is 10.6 Å². The fourth-order valence-corrected chi connectivity index (χ4v) is 1.47. The number of thioether (sulfide) groups is 1. The largest absolute Gasteiger partial charge is 0.341 e. The topological polar surface area (TPSA) is 41.1 Å². The van der Waals surface area contributed by atoms with Gasteiger partial charge in [0, 0.05) is 7.05 Å². The van der Waals surface area contributed by atoms with Crippen LogP contribution >= 0.6 is 11.8 Å². The molecule has 1 atom stereocenters. The van der Waals surface area contributed by atoms with Crippen molar-refractivity contribution >= 4 is 17.8 Å². The normalized spacial score (nSPS) is 12.8. The number of carbonyl (C=O) groups is 1. The Hall–Kier alpha value is -0.380. The van der Waals surface area contributed by atoms with Gasteiger partial charge in [0.15, 0.2) is 0 Å². The van der Waals surface area contributed by atoms with Crippen LogP contribution < -0.4 is 10.6 Å². The predicted molar refractivity (Wildman–Crippen MR) is 49.7 cm³/mol. The molecule has 0 spiro atoms. The molecule has 0 saturated heterocycles. The lowest BCUT2D eigenvalue weighted by Crippen LogP contribution is -2.41. The highest BCUT2D eigenvalue weighted by Gasteiger charge is 2.12. The Balaban J connectivity index is 3.78. The summed E-state index contributed by atoms with van der Waals surface area (Å²) in [5.41, 5.74) is 0. The molecule has 0 rings (SSSR count). The van der Waals surface area contributed by atoms with Crippen LogP contribution in [0.25, 0.3) is 0 Å². The fraction of sp³-hybridized carbons (Fsp3) is 0.857. The lowest BCUT2D eigenvalue weighted by molar-refractivity contribution is 0.240. The molecule has 1 unspecified atom stereocenters. The third-order valence-electron chi connectivity index (χ3n) is 1.36. The third-order valence-corrected chi connectivity index (χ3v) is 2.53. The zero-order chi connectivity index (χ0) is 8.85. The SMILES string of the molecule is CNC(=O)NC(SC)C(C)C. The average Bonchev–Trinajstić information content (AvgIpc) is 1.99. The van der Waals surface area contributed by atoms with E-state index in [1.165, 1.54) is 0 Å². The van der Waals surface area contributed by atoms with E-state index in [1.54, 1.807) is 18.8 Å². The summed E-state index contributed by atoms with van der Waals surface area (Å²) < 4.78 is 0. The monoisotopic (exact) mass is 176 g/mol. The molecule has 0 aromatic rings. The summed E-state index contributed by atoms with van der Waals surface area (Å²) in [6.45, 7) is 4.16. The van der Waals surface area contributed by atoms with E-state index in [9.17, 15) is 4.79 Å². The van der Waals surface area contributed by atoms with Crippen LogP contribution in [0.4, 0.5) is 4.79 Å². The van der Waals surface area contributed by atoms with E-state index in [4.69, 9.17) is 0 Å². The molecular formula is C7H16N2OS. The lowest BCUT2D eigenvalue weighted by Gasteiger charge is -2.19. The quantitative estimate of drug-likeness (QED) is 0.636. The predicted octanol–water partition coefficient (Wildman–Crippen LogP) is 1.26. The van der Waals surface area contributed by atoms with Crippen molar-refractivity contribution in [3.05, 3.63) is 0 Å². The zero-order valence-corrected chi connectivity index (χ0v) is 8.29. The van der Waals surface area contributed by atoms with Gasteiger partial charge in [-0.25, -0.2) is 4.79 Å². The van der Waals surface area contributed by atoms with Gasteiger partial charge in [0.2, 0.25) is 0 Å². The summed E-state index contributed by atoms with van der Waals surface area (Å²) in [6.07, 6.45) is 1.99. The van der Waals surface area contributed by atoms with Crippen LogP contribution in [-0.2, 0) is 0 Å². The van der Waals surface area contributed by atoms with E-state index >= 15 is 0 Å². The van der Waals surface area contributed by atoms with Crippen LogP contribution in [0.2, 0.25) is 0 Å². The van der Waals surface area contributed by atoms with E-state index < -0.39 is 0 Å². The minimum Gasteiger partial charge on any atom is -0.341 e. The Labute approximate surface area is 72.3 Å². The molecular weight excluding hydrogens is 160 g/mol. The standard InChI is InChI=1S/C7H16N2OS/c1-5(2)6(11-4)9-7(10)8-3/h5-6H,1-4H3,(H2,8,9,10). The second kappa shape index (κ2) is 5.29. The average molecular weight is 176 g/mol. The molecule has 2 amide bonds. The van der Waals surface area contributed by atoms with E-state index in [-0.39, 0.29) is 11.4 Å². The molecule has 0 aliphatic heterocycles. The number of rotatable bonds is 3. The molecule has 2 N–H and O–H groups in total. The van der Waals surface area contributed by atoms with Crippen LogP contribution in [0.15, 0.2) is 0 Å². The van der Waals surface area contributed by atoms with Gasteiger partial charge in [-0.3, -0.25) is 0 Å². The molecule has 0 aromatic heterocycles. The summed E-state index contributed by atoms with van der Waals surface area (Å²) in [5, 5.41) is 5.55. The summed E-state index contributed by atoms with van der Waals surface area (Å²) >= 11 is 1.65. The summed E-state index contributed by atoms with van der Waals surface area (Å²) in [7, 11) is 1.62. The van der Waals surface area contributed by atoms with Gasteiger partial charge in [0.25, 0.3) is 0 Å². The molecule has 66 valence electrons. The molecule has 0 saturated carbocycles. The van der Waals surface area contributed by atoms with E-state index in [0.717, 1.165) is 0 Å². The highest BCUT2D eigenvalue weighted by atomic mass is 32.2. The van der Waals surface area contributed by atoms with E-state index in [1.807, 2.05) is 6.26 Å². The van der Waals surface area contributed by atoms with E-state index in [2.05, 4.69) is 24.5 Å². The van der Waals surface area contributed by atoms with Crippen molar-refractivity contribution in [3.8, 4) is 0 Å².